The van der Waals surface area contributed by atoms with Crippen LogP contribution < -0.4 is 10.6 Å². The van der Waals surface area contributed by atoms with E-state index >= 15 is 0 Å². The van der Waals surface area contributed by atoms with Crippen molar-refractivity contribution in [3.05, 3.63) is 30.1 Å². The first-order chi connectivity index (χ1) is 11.8. The zero-order valence-corrected chi connectivity index (χ0v) is 13.6. The monoisotopic (exact) mass is 355 g/mol. The second-order valence-electron chi connectivity index (χ2n) is 6.59. The summed E-state index contributed by atoms with van der Waals surface area (Å²) in [5.41, 5.74) is 0.516. The van der Waals surface area contributed by atoms with E-state index in [-0.39, 0.29) is 23.5 Å². The number of piperidine rings is 1. The van der Waals surface area contributed by atoms with Crippen LogP contribution >= 0.6 is 0 Å². The Morgan fingerprint density at radius 2 is 1.80 bits per heavy atom. The summed E-state index contributed by atoms with van der Waals surface area (Å²) in [6.07, 6.45) is 0.473. The highest BCUT2D eigenvalue weighted by molar-refractivity contribution is 5.92. The topological polar surface area (TPSA) is 61.4 Å². The molecule has 0 bridgehead atoms. The van der Waals surface area contributed by atoms with Gasteiger partial charge in [-0.1, -0.05) is 0 Å². The molecule has 0 aromatic heterocycles. The van der Waals surface area contributed by atoms with Crippen molar-refractivity contribution in [2.45, 2.75) is 31.2 Å². The van der Waals surface area contributed by atoms with Crippen LogP contribution in [0.4, 0.5) is 18.9 Å². The quantitative estimate of drug-likeness (QED) is 0.872. The zero-order valence-electron chi connectivity index (χ0n) is 13.6. The van der Waals surface area contributed by atoms with E-state index in [1.54, 1.807) is 4.90 Å². The smallest absolute Gasteiger partial charge is 0.262 e. The van der Waals surface area contributed by atoms with Crippen LogP contribution in [0.1, 0.15) is 19.3 Å². The number of amides is 2. The van der Waals surface area contributed by atoms with Gasteiger partial charge in [-0.15, -0.1) is 0 Å². The average Bonchev–Trinajstić information content (AvgIpc) is 2.96. The van der Waals surface area contributed by atoms with Gasteiger partial charge >= 0.3 is 0 Å². The summed E-state index contributed by atoms with van der Waals surface area (Å²) in [6, 6.07) is 4.65. The van der Waals surface area contributed by atoms with Gasteiger partial charge in [-0.2, -0.15) is 0 Å². The van der Waals surface area contributed by atoms with Crippen molar-refractivity contribution >= 4 is 17.5 Å². The lowest BCUT2D eigenvalue weighted by Crippen LogP contribution is -2.48. The molecule has 136 valence electrons. The molecule has 8 heteroatoms. The number of alkyl halides is 2. The van der Waals surface area contributed by atoms with Crippen LogP contribution in [0, 0.1) is 11.7 Å². The second-order valence-corrected chi connectivity index (χ2v) is 6.59. The molecule has 5 nitrogen and oxygen atoms in total. The Morgan fingerprint density at radius 3 is 2.36 bits per heavy atom. The maximum absolute atomic E-state index is 13.2. The minimum absolute atomic E-state index is 0.177. The van der Waals surface area contributed by atoms with Gasteiger partial charge in [0.1, 0.15) is 5.82 Å². The molecule has 2 saturated heterocycles. The maximum atomic E-state index is 13.2. The Morgan fingerprint density at radius 1 is 1.16 bits per heavy atom. The fourth-order valence-electron chi connectivity index (χ4n) is 3.25. The fraction of sp³-hybridized carbons (Fsp3) is 0.529. The third-order valence-electron chi connectivity index (χ3n) is 4.70. The highest BCUT2D eigenvalue weighted by Crippen LogP contribution is 2.27. The third-order valence-corrected chi connectivity index (χ3v) is 4.70. The van der Waals surface area contributed by atoms with Crippen LogP contribution in [0.5, 0.6) is 0 Å². The van der Waals surface area contributed by atoms with Crippen LogP contribution in [0.15, 0.2) is 24.3 Å². The molecule has 2 fully saturated rings. The molecular weight excluding hydrogens is 335 g/mol. The fourth-order valence-corrected chi connectivity index (χ4v) is 3.25. The van der Waals surface area contributed by atoms with Gasteiger partial charge in [0.15, 0.2) is 0 Å². The summed E-state index contributed by atoms with van der Waals surface area (Å²) in [7, 11) is 0. The molecule has 0 spiro atoms. The number of hydrogen-bond acceptors (Lipinski definition) is 3. The molecular formula is C17H20F3N3O2. The predicted molar refractivity (Wildman–Crippen MR) is 85.7 cm³/mol. The first kappa shape index (κ1) is 17.7. The Labute approximate surface area is 143 Å². The van der Waals surface area contributed by atoms with Crippen molar-refractivity contribution in [1.29, 1.82) is 0 Å². The van der Waals surface area contributed by atoms with Gasteiger partial charge in [0, 0.05) is 31.1 Å². The van der Waals surface area contributed by atoms with Gasteiger partial charge in [-0.25, -0.2) is 13.2 Å². The van der Waals surface area contributed by atoms with Crippen molar-refractivity contribution < 1.29 is 22.8 Å². The zero-order chi connectivity index (χ0) is 18.0. The van der Waals surface area contributed by atoms with E-state index in [0.717, 1.165) is 0 Å². The standard InChI is InChI=1S/C17H20F3N3O2/c18-12-1-3-13(4-2-12)22-15(24)11-5-7-23(8-6-11)16(25)14-9-17(19,20)10-21-14/h1-4,11,14,21H,5-10H2,(H,22,24). The molecule has 0 aliphatic carbocycles. The number of likely N-dealkylation sites (tertiary alicyclic amines) is 1. The van der Waals surface area contributed by atoms with Crippen LogP contribution in [0.3, 0.4) is 0 Å². The number of benzene rings is 1. The van der Waals surface area contributed by atoms with E-state index in [2.05, 4.69) is 10.6 Å². The first-order valence-electron chi connectivity index (χ1n) is 8.30. The van der Waals surface area contributed by atoms with Crippen molar-refractivity contribution in [3.8, 4) is 0 Å². The van der Waals surface area contributed by atoms with Crippen molar-refractivity contribution in [3.63, 3.8) is 0 Å². The van der Waals surface area contributed by atoms with Crippen molar-refractivity contribution in [2.75, 3.05) is 25.0 Å². The number of hydrogen-bond donors (Lipinski definition) is 2. The van der Waals surface area contributed by atoms with Gasteiger partial charge in [-0.05, 0) is 37.1 Å². The summed E-state index contributed by atoms with van der Waals surface area (Å²) < 4.78 is 39.3. The van der Waals surface area contributed by atoms with Gasteiger partial charge in [0.05, 0.1) is 12.6 Å². The lowest BCUT2D eigenvalue weighted by atomic mass is 9.95. The number of carbonyl (C=O) groups is 2. The number of carbonyl (C=O) groups excluding carboxylic acids is 2. The first-order valence-corrected chi connectivity index (χ1v) is 8.30. The van der Waals surface area contributed by atoms with E-state index in [9.17, 15) is 22.8 Å². The van der Waals surface area contributed by atoms with E-state index in [4.69, 9.17) is 0 Å². The molecule has 1 atom stereocenters. The minimum Gasteiger partial charge on any atom is -0.341 e. The van der Waals surface area contributed by atoms with Crippen molar-refractivity contribution in [1.82, 2.24) is 10.2 Å². The largest absolute Gasteiger partial charge is 0.341 e. The van der Waals surface area contributed by atoms with E-state index in [0.29, 0.717) is 31.6 Å². The highest BCUT2D eigenvalue weighted by atomic mass is 19.3. The molecule has 25 heavy (non-hydrogen) atoms. The predicted octanol–water partition coefficient (Wildman–Crippen LogP) is 2.00. The SMILES string of the molecule is O=C(Nc1ccc(F)cc1)C1CCN(C(=O)C2CC(F)(F)CN2)CC1. The molecule has 2 N–H and O–H groups in total. The number of nitrogens with zero attached hydrogens (tertiary/aromatic N) is 1. The van der Waals surface area contributed by atoms with Crippen LogP contribution in [-0.4, -0.2) is 48.3 Å². The van der Waals surface area contributed by atoms with E-state index in [1.807, 2.05) is 0 Å². The molecule has 2 amide bonds. The average molecular weight is 355 g/mol. The van der Waals surface area contributed by atoms with Gasteiger partial charge in [-0.3, -0.25) is 14.9 Å². The molecule has 0 saturated carbocycles. The molecule has 0 radical (unpaired) electrons. The summed E-state index contributed by atoms with van der Waals surface area (Å²) >= 11 is 0. The summed E-state index contributed by atoms with van der Waals surface area (Å²) in [5, 5.41) is 5.29. The lowest BCUT2D eigenvalue weighted by Gasteiger charge is -2.33. The Bertz CT molecular complexity index is 643. The van der Waals surface area contributed by atoms with Crippen molar-refractivity contribution in [2.24, 2.45) is 5.92 Å². The minimum atomic E-state index is -2.84. The Balaban J connectivity index is 1.49. The summed E-state index contributed by atoms with van der Waals surface area (Å²) in [5.74, 6) is -3.98. The second kappa shape index (κ2) is 7.03. The van der Waals surface area contributed by atoms with Crippen LogP contribution in [-0.2, 0) is 9.59 Å². The maximum Gasteiger partial charge on any atom is 0.262 e. The Hall–Kier alpha value is -2.09. The molecule has 2 heterocycles. The Kier molecular flexibility index (Phi) is 4.99. The number of nitrogens with one attached hydrogen (secondary N) is 2. The summed E-state index contributed by atoms with van der Waals surface area (Å²) in [4.78, 5) is 26.1. The molecule has 3 rings (SSSR count). The van der Waals surface area contributed by atoms with E-state index < -0.39 is 24.9 Å². The van der Waals surface area contributed by atoms with Gasteiger partial charge < -0.3 is 10.2 Å². The third kappa shape index (κ3) is 4.31. The number of halogens is 3. The van der Waals surface area contributed by atoms with E-state index in [1.165, 1.54) is 24.3 Å². The molecule has 2 aliphatic rings. The summed E-state index contributed by atoms with van der Waals surface area (Å²) in [6.45, 7) is 0.258. The normalized spacial score (nSPS) is 23.5. The number of rotatable bonds is 3. The van der Waals surface area contributed by atoms with Crippen LogP contribution in [0.25, 0.3) is 0 Å². The number of anilines is 1. The van der Waals surface area contributed by atoms with Gasteiger partial charge in [0.2, 0.25) is 11.8 Å². The molecule has 1 aromatic rings. The molecule has 1 aromatic carbocycles. The van der Waals surface area contributed by atoms with Gasteiger partial charge in [0.25, 0.3) is 5.92 Å². The highest BCUT2D eigenvalue weighted by Gasteiger charge is 2.44. The van der Waals surface area contributed by atoms with Crippen LogP contribution in [0.2, 0.25) is 0 Å². The molecule has 1 unspecified atom stereocenters. The molecule has 2 aliphatic heterocycles. The lowest BCUT2D eigenvalue weighted by molar-refractivity contribution is -0.136.